The number of esters is 1. The Morgan fingerprint density at radius 1 is 1.43 bits per heavy atom. The van der Waals surface area contributed by atoms with Gasteiger partial charge in [-0.15, -0.1) is 0 Å². The molecule has 3 nitrogen and oxygen atoms in total. The lowest BCUT2D eigenvalue weighted by atomic mass is 10.0. The quantitative estimate of drug-likeness (QED) is 0.730. The first-order chi connectivity index (χ1) is 6.66. The summed E-state index contributed by atoms with van der Waals surface area (Å²) in [6.45, 7) is 3.77. The Morgan fingerprint density at radius 2 is 2.00 bits per heavy atom. The van der Waals surface area contributed by atoms with Gasteiger partial charge < -0.3 is 10.5 Å². The second-order valence-corrected chi connectivity index (χ2v) is 2.89. The highest BCUT2D eigenvalue weighted by atomic mass is 16.5. The van der Waals surface area contributed by atoms with Gasteiger partial charge in [0, 0.05) is 0 Å². The van der Waals surface area contributed by atoms with E-state index in [2.05, 4.69) is 11.3 Å². The number of hydrogen-bond acceptors (Lipinski definition) is 3. The van der Waals surface area contributed by atoms with Gasteiger partial charge in [0.1, 0.15) is 6.04 Å². The van der Waals surface area contributed by atoms with E-state index in [1.54, 1.807) is 0 Å². The van der Waals surface area contributed by atoms with Crippen LogP contribution >= 0.6 is 0 Å². The average Bonchev–Trinajstić information content (AvgIpc) is 2.27. The number of nitrogens with two attached hydrogens (primary N) is 1. The van der Waals surface area contributed by atoms with Gasteiger partial charge in [0.05, 0.1) is 7.11 Å². The van der Waals surface area contributed by atoms with Crippen molar-refractivity contribution in [2.45, 2.75) is 6.04 Å². The molecule has 0 aromatic heterocycles. The Labute approximate surface area is 83.2 Å². The minimum absolute atomic E-state index is 0.473. The molecule has 14 heavy (non-hydrogen) atoms. The van der Waals surface area contributed by atoms with Crippen molar-refractivity contribution < 1.29 is 9.53 Å². The molecule has 1 rings (SSSR count). The van der Waals surface area contributed by atoms with E-state index in [-0.39, 0.29) is 0 Å². The summed E-state index contributed by atoms with van der Waals surface area (Å²) >= 11 is 0. The zero-order valence-corrected chi connectivity index (χ0v) is 8.07. The van der Waals surface area contributed by atoms with Gasteiger partial charge in [-0.1, -0.05) is 36.9 Å². The Bertz CT molecular complexity index is 332. The molecule has 74 valence electrons. The molecule has 0 bridgehead atoms. The first-order valence-corrected chi connectivity index (χ1v) is 4.24. The summed E-state index contributed by atoms with van der Waals surface area (Å²) in [6, 6.07) is 8.54. The number of carbonyl (C=O) groups is 1. The fourth-order valence-electron chi connectivity index (χ4n) is 1.10. The van der Waals surface area contributed by atoms with Crippen LogP contribution in [0.2, 0.25) is 0 Å². The lowest BCUT2D eigenvalue weighted by Gasteiger charge is -2.12. The molecule has 0 saturated carbocycles. The van der Waals surface area contributed by atoms with Crippen LogP contribution in [0, 0.1) is 0 Å². The van der Waals surface area contributed by atoms with Crippen LogP contribution in [0.3, 0.4) is 0 Å². The number of methoxy groups -OCH3 is 1. The van der Waals surface area contributed by atoms with E-state index in [1.165, 1.54) is 7.11 Å². The number of benzene rings is 1. The van der Waals surface area contributed by atoms with Crippen LogP contribution in [0.25, 0.3) is 5.57 Å². The van der Waals surface area contributed by atoms with Gasteiger partial charge in [-0.3, -0.25) is 4.79 Å². The lowest BCUT2D eigenvalue weighted by Crippen LogP contribution is -2.32. The molecule has 0 spiro atoms. The highest BCUT2D eigenvalue weighted by Gasteiger charge is 2.17. The second kappa shape index (κ2) is 4.58. The first-order valence-electron chi connectivity index (χ1n) is 4.24. The monoisotopic (exact) mass is 191 g/mol. The van der Waals surface area contributed by atoms with E-state index < -0.39 is 12.0 Å². The van der Waals surface area contributed by atoms with E-state index in [1.807, 2.05) is 30.3 Å². The molecule has 0 heterocycles. The van der Waals surface area contributed by atoms with Crippen molar-refractivity contribution in [3.8, 4) is 0 Å². The van der Waals surface area contributed by atoms with Gasteiger partial charge in [0.2, 0.25) is 0 Å². The first kappa shape index (κ1) is 10.5. The van der Waals surface area contributed by atoms with Crippen molar-refractivity contribution >= 4 is 11.5 Å². The Hall–Kier alpha value is -1.61. The van der Waals surface area contributed by atoms with Crippen molar-refractivity contribution in [3.63, 3.8) is 0 Å². The Kier molecular flexibility index (Phi) is 3.42. The van der Waals surface area contributed by atoms with Crippen LogP contribution in [-0.2, 0) is 9.53 Å². The highest BCUT2D eigenvalue weighted by molar-refractivity contribution is 5.91. The molecule has 0 saturated heterocycles. The predicted octanol–water partition coefficient (Wildman–Crippen LogP) is 1.20. The number of hydrogen-bond donors (Lipinski definition) is 1. The van der Waals surface area contributed by atoms with Crippen LogP contribution in [0.5, 0.6) is 0 Å². The smallest absolute Gasteiger partial charge is 0.327 e. The van der Waals surface area contributed by atoms with E-state index in [0.717, 1.165) is 5.56 Å². The molecule has 1 aromatic rings. The minimum atomic E-state index is -0.789. The third-order valence-corrected chi connectivity index (χ3v) is 1.98. The second-order valence-electron chi connectivity index (χ2n) is 2.89. The van der Waals surface area contributed by atoms with Crippen molar-refractivity contribution in [2.75, 3.05) is 7.11 Å². The standard InChI is InChI=1S/C11H13NO2/c1-8(10(12)11(13)14-2)9-6-4-3-5-7-9/h3-7,10H,1,12H2,2H3. The van der Waals surface area contributed by atoms with E-state index >= 15 is 0 Å². The van der Waals surface area contributed by atoms with E-state index in [0.29, 0.717) is 5.57 Å². The van der Waals surface area contributed by atoms with E-state index in [9.17, 15) is 4.79 Å². The highest BCUT2D eigenvalue weighted by Crippen LogP contribution is 2.14. The molecule has 0 aliphatic carbocycles. The minimum Gasteiger partial charge on any atom is -0.468 e. The molecule has 0 fully saturated rings. The van der Waals surface area contributed by atoms with Gasteiger partial charge in [-0.25, -0.2) is 0 Å². The normalized spacial score (nSPS) is 11.9. The summed E-state index contributed by atoms with van der Waals surface area (Å²) in [4.78, 5) is 11.1. The van der Waals surface area contributed by atoms with Gasteiger partial charge in [-0.2, -0.15) is 0 Å². The number of ether oxygens (including phenoxy) is 1. The molecule has 2 N–H and O–H groups in total. The summed E-state index contributed by atoms with van der Waals surface area (Å²) in [7, 11) is 1.31. The molecule has 0 aliphatic rings. The summed E-state index contributed by atoms with van der Waals surface area (Å²) in [5.74, 6) is -0.473. The molecule has 0 amide bonds. The zero-order chi connectivity index (χ0) is 10.6. The maximum atomic E-state index is 11.1. The average molecular weight is 191 g/mol. The Morgan fingerprint density at radius 3 is 2.50 bits per heavy atom. The zero-order valence-electron chi connectivity index (χ0n) is 8.07. The molecule has 0 aliphatic heterocycles. The van der Waals surface area contributed by atoms with Crippen LogP contribution in [0.15, 0.2) is 36.9 Å². The maximum Gasteiger partial charge on any atom is 0.327 e. The molecule has 1 unspecified atom stereocenters. The summed E-state index contributed by atoms with van der Waals surface area (Å²) in [5, 5.41) is 0. The van der Waals surface area contributed by atoms with Crippen molar-refractivity contribution in [1.29, 1.82) is 0 Å². The fraction of sp³-hybridized carbons (Fsp3) is 0.182. The topological polar surface area (TPSA) is 52.3 Å². The maximum absolute atomic E-state index is 11.1. The number of carbonyl (C=O) groups excluding carboxylic acids is 1. The van der Waals surface area contributed by atoms with Crippen molar-refractivity contribution in [1.82, 2.24) is 0 Å². The molecular formula is C11H13NO2. The van der Waals surface area contributed by atoms with Crippen LogP contribution in [-0.4, -0.2) is 19.1 Å². The van der Waals surface area contributed by atoms with Crippen LogP contribution < -0.4 is 5.73 Å². The molecule has 3 heteroatoms. The predicted molar refractivity (Wildman–Crippen MR) is 55.5 cm³/mol. The van der Waals surface area contributed by atoms with Gasteiger partial charge in [0.25, 0.3) is 0 Å². The van der Waals surface area contributed by atoms with Crippen molar-refractivity contribution in [3.05, 3.63) is 42.5 Å². The van der Waals surface area contributed by atoms with Gasteiger partial charge in [-0.05, 0) is 11.1 Å². The Balaban J connectivity index is 2.81. The molecular weight excluding hydrogens is 178 g/mol. The van der Waals surface area contributed by atoms with E-state index in [4.69, 9.17) is 5.73 Å². The number of rotatable bonds is 3. The summed E-state index contributed by atoms with van der Waals surface area (Å²) in [6.07, 6.45) is 0. The molecule has 1 atom stereocenters. The van der Waals surface area contributed by atoms with Crippen molar-refractivity contribution in [2.24, 2.45) is 5.73 Å². The molecule has 0 radical (unpaired) electrons. The third-order valence-electron chi connectivity index (χ3n) is 1.98. The lowest BCUT2D eigenvalue weighted by molar-refractivity contribution is -0.140. The van der Waals surface area contributed by atoms with Gasteiger partial charge in [0.15, 0.2) is 0 Å². The van der Waals surface area contributed by atoms with Crippen LogP contribution in [0.4, 0.5) is 0 Å². The summed E-state index contributed by atoms with van der Waals surface area (Å²) < 4.78 is 4.53. The fourth-order valence-corrected chi connectivity index (χ4v) is 1.10. The largest absolute Gasteiger partial charge is 0.468 e. The third kappa shape index (κ3) is 2.20. The van der Waals surface area contributed by atoms with Crippen LogP contribution in [0.1, 0.15) is 5.56 Å². The molecule has 1 aromatic carbocycles. The summed E-state index contributed by atoms with van der Waals surface area (Å²) in [5.41, 5.74) is 7.05. The SMILES string of the molecule is C=C(c1ccccc1)C(N)C(=O)OC. The van der Waals surface area contributed by atoms with Gasteiger partial charge >= 0.3 is 5.97 Å².